The van der Waals surface area contributed by atoms with Gasteiger partial charge in [0.05, 0.1) is 21.2 Å². The normalized spacial score (nSPS) is 17.7. The Labute approximate surface area is 177 Å². The zero-order chi connectivity index (χ0) is 20.8. The Morgan fingerprint density at radius 1 is 1.30 bits per heavy atom. The molecule has 154 valence electrons. The number of rotatable bonds is 3. The molecule has 1 aliphatic rings. The van der Waals surface area contributed by atoms with Crippen molar-refractivity contribution in [3.05, 3.63) is 52.2 Å². The lowest BCUT2D eigenvalue weighted by atomic mass is 9.99. The summed E-state index contributed by atoms with van der Waals surface area (Å²) in [6.07, 6.45) is 2.34. The van der Waals surface area contributed by atoms with Gasteiger partial charge in [0.15, 0.2) is 0 Å². The maximum absolute atomic E-state index is 13.4. The Balaban J connectivity index is 1.64. The molecule has 6 nitrogen and oxygen atoms in total. The smallest absolute Gasteiger partial charge is 0.205 e. The van der Waals surface area contributed by atoms with Crippen LogP contribution in [0.3, 0.4) is 0 Å². The number of thiazole rings is 1. The van der Waals surface area contributed by atoms with Crippen LogP contribution in [0.25, 0.3) is 31.8 Å². The van der Waals surface area contributed by atoms with Gasteiger partial charge in [0, 0.05) is 13.1 Å². The van der Waals surface area contributed by atoms with E-state index < -0.39 is 0 Å². The van der Waals surface area contributed by atoms with Crippen molar-refractivity contribution < 1.29 is 9.52 Å². The molecule has 0 radical (unpaired) electrons. The molecule has 5 rings (SSSR count). The molecule has 3 heterocycles. The molecule has 0 unspecified atom stereocenters. The van der Waals surface area contributed by atoms with Crippen LogP contribution in [0.5, 0.6) is 5.75 Å². The van der Waals surface area contributed by atoms with Gasteiger partial charge in [-0.25, -0.2) is 4.98 Å². The summed E-state index contributed by atoms with van der Waals surface area (Å²) in [5.74, 6) is 0.764. The number of phenols is 1. The minimum absolute atomic E-state index is 0.0328. The van der Waals surface area contributed by atoms with Gasteiger partial charge in [-0.05, 0) is 49.6 Å². The summed E-state index contributed by atoms with van der Waals surface area (Å²) in [4.78, 5) is 20.2. The lowest BCUT2D eigenvalue weighted by Gasteiger charge is -2.31. The number of nitrogens with zero attached hydrogens (tertiary/aromatic N) is 2. The molecule has 2 aromatic carbocycles. The highest BCUT2D eigenvalue weighted by atomic mass is 32.1. The van der Waals surface area contributed by atoms with Gasteiger partial charge in [0.1, 0.15) is 21.9 Å². The van der Waals surface area contributed by atoms with Crippen LogP contribution in [0.2, 0.25) is 0 Å². The second-order valence-corrected chi connectivity index (χ2v) is 9.11. The van der Waals surface area contributed by atoms with E-state index in [2.05, 4.69) is 16.8 Å². The predicted octanol–water partition coefficient (Wildman–Crippen LogP) is 4.59. The predicted molar refractivity (Wildman–Crippen MR) is 121 cm³/mol. The van der Waals surface area contributed by atoms with E-state index in [1.165, 1.54) is 17.8 Å². The van der Waals surface area contributed by atoms with Crippen LogP contribution in [0, 0.1) is 5.92 Å². The third-order valence-corrected chi connectivity index (χ3v) is 6.85. The van der Waals surface area contributed by atoms with Crippen molar-refractivity contribution >= 4 is 38.4 Å². The molecule has 7 heteroatoms. The zero-order valence-corrected chi connectivity index (χ0v) is 17.5. The highest BCUT2D eigenvalue weighted by molar-refractivity contribution is 7.21. The molecule has 0 aliphatic carbocycles. The first-order valence-corrected chi connectivity index (χ1v) is 11.0. The number of piperidine rings is 1. The van der Waals surface area contributed by atoms with Crippen LogP contribution in [0.15, 0.2) is 45.6 Å². The number of anilines is 1. The maximum atomic E-state index is 13.4. The molecule has 1 saturated heterocycles. The number of aromatic nitrogens is 1. The Bertz CT molecular complexity index is 1280. The molecule has 1 atom stereocenters. The van der Waals surface area contributed by atoms with Crippen LogP contribution < -0.4 is 11.2 Å². The number of hydrogen-bond acceptors (Lipinski definition) is 7. The van der Waals surface area contributed by atoms with Crippen molar-refractivity contribution in [2.45, 2.75) is 26.3 Å². The van der Waals surface area contributed by atoms with Crippen molar-refractivity contribution in [2.75, 3.05) is 18.8 Å². The SMILES string of the molecule is C[C@H]1CCCN(Cc2c(O)ccc3c(=O)c(-c4nc5ccccc5s4)c(N)oc23)C1. The summed E-state index contributed by atoms with van der Waals surface area (Å²) < 4.78 is 6.95. The summed E-state index contributed by atoms with van der Waals surface area (Å²) >= 11 is 1.41. The zero-order valence-electron chi connectivity index (χ0n) is 16.7. The van der Waals surface area contributed by atoms with Crippen molar-refractivity contribution in [1.82, 2.24) is 9.88 Å². The monoisotopic (exact) mass is 421 g/mol. The Kier molecular flexibility index (Phi) is 4.72. The van der Waals surface area contributed by atoms with Gasteiger partial charge in [0.2, 0.25) is 11.3 Å². The number of para-hydroxylation sites is 1. The van der Waals surface area contributed by atoms with E-state index in [9.17, 15) is 9.90 Å². The fourth-order valence-electron chi connectivity index (χ4n) is 4.31. The van der Waals surface area contributed by atoms with E-state index in [1.54, 1.807) is 12.1 Å². The molecule has 0 saturated carbocycles. The average Bonchev–Trinajstić information content (AvgIpc) is 3.14. The molecule has 1 fully saturated rings. The largest absolute Gasteiger partial charge is 0.507 e. The second-order valence-electron chi connectivity index (χ2n) is 8.08. The van der Waals surface area contributed by atoms with Crippen molar-refractivity contribution in [3.63, 3.8) is 0 Å². The Morgan fingerprint density at radius 3 is 2.93 bits per heavy atom. The quantitative estimate of drug-likeness (QED) is 0.503. The molecule has 2 aromatic heterocycles. The van der Waals surface area contributed by atoms with Gasteiger partial charge in [-0.1, -0.05) is 19.1 Å². The minimum atomic E-state index is -0.221. The second kappa shape index (κ2) is 7.41. The van der Waals surface area contributed by atoms with Crippen LogP contribution in [0.1, 0.15) is 25.3 Å². The third-order valence-electron chi connectivity index (χ3n) is 5.80. The van der Waals surface area contributed by atoms with Crippen LogP contribution in [-0.4, -0.2) is 28.1 Å². The lowest BCUT2D eigenvalue weighted by Crippen LogP contribution is -2.33. The summed E-state index contributed by atoms with van der Waals surface area (Å²) in [7, 11) is 0. The highest BCUT2D eigenvalue weighted by Crippen LogP contribution is 2.35. The number of aromatic hydroxyl groups is 1. The molecule has 3 N–H and O–H groups in total. The summed E-state index contributed by atoms with van der Waals surface area (Å²) in [6.45, 7) is 4.68. The van der Waals surface area contributed by atoms with Crippen molar-refractivity contribution in [2.24, 2.45) is 5.92 Å². The summed E-state index contributed by atoms with van der Waals surface area (Å²) in [5, 5.41) is 11.5. The van der Waals surface area contributed by atoms with Crippen LogP contribution in [0.4, 0.5) is 5.88 Å². The lowest BCUT2D eigenvalue weighted by molar-refractivity contribution is 0.175. The maximum Gasteiger partial charge on any atom is 0.205 e. The van der Waals surface area contributed by atoms with E-state index in [-0.39, 0.29) is 22.6 Å². The molecule has 0 bridgehead atoms. The molecule has 30 heavy (non-hydrogen) atoms. The molecular formula is C23H23N3O3S. The van der Waals surface area contributed by atoms with Gasteiger partial charge >= 0.3 is 0 Å². The first-order valence-electron chi connectivity index (χ1n) is 10.2. The number of benzene rings is 2. The van der Waals surface area contributed by atoms with E-state index >= 15 is 0 Å². The van der Waals surface area contributed by atoms with E-state index in [1.807, 2.05) is 24.3 Å². The van der Waals surface area contributed by atoms with Gasteiger partial charge in [-0.3, -0.25) is 9.69 Å². The Hall–Kier alpha value is -2.90. The minimum Gasteiger partial charge on any atom is -0.507 e. The van der Waals surface area contributed by atoms with Gasteiger partial charge in [0.25, 0.3) is 0 Å². The number of phenolic OH excluding ortho intramolecular Hbond substituents is 1. The molecule has 0 spiro atoms. The van der Waals surface area contributed by atoms with E-state index in [4.69, 9.17) is 10.2 Å². The Morgan fingerprint density at radius 2 is 2.13 bits per heavy atom. The molecule has 0 amide bonds. The van der Waals surface area contributed by atoms with Crippen LogP contribution >= 0.6 is 11.3 Å². The number of fused-ring (bicyclic) bond motifs is 2. The first-order chi connectivity index (χ1) is 14.5. The van der Waals surface area contributed by atoms with Crippen molar-refractivity contribution in [1.29, 1.82) is 0 Å². The van der Waals surface area contributed by atoms with Gasteiger partial charge in [-0.15, -0.1) is 11.3 Å². The number of nitrogen functional groups attached to an aromatic ring is 1. The van der Waals surface area contributed by atoms with Gasteiger partial charge in [-0.2, -0.15) is 0 Å². The number of nitrogens with two attached hydrogens (primary N) is 1. The molecule has 1 aliphatic heterocycles. The standard InChI is InChI=1S/C23H23N3O3S/c1-13-5-4-10-26(11-13)12-15-17(27)9-8-14-20(28)19(22(24)29-21(14)15)23-25-16-6-2-3-7-18(16)30-23/h2-3,6-9,13,27H,4-5,10-12,24H2,1H3/t13-/m0/s1. The number of hydrogen-bond donors (Lipinski definition) is 2. The third kappa shape index (κ3) is 3.24. The summed E-state index contributed by atoms with van der Waals surface area (Å²) in [6, 6.07) is 10.9. The topological polar surface area (TPSA) is 92.6 Å². The average molecular weight is 422 g/mol. The van der Waals surface area contributed by atoms with E-state index in [0.29, 0.717) is 34.0 Å². The highest BCUT2D eigenvalue weighted by Gasteiger charge is 2.23. The van der Waals surface area contributed by atoms with E-state index in [0.717, 1.165) is 29.7 Å². The first kappa shape index (κ1) is 19.1. The summed E-state index contributed by atoms with van der Waals surface area (Å²) in [5.41, 5.74) is 8.08. The fourth-order valence-corrected chi connectivity index (χ4v) is 5.32. The van der Waals surface area contributed by atoms with Gasteiger partial charge < -0.3 is 15.3 Å². The molecular weight excluding hydrogens is 398 g/mol. The number of likely N-dealkylation sites (tertiary alicyclic amines) is 1. The fraction of sp³-hybridized carbons (Fsp3) is 0.304. The van der Waals surface area contributed by atoms with Crippen LogP contribution in [-0.2, 0) is 6.54 Å². The molecule has 4 aromatic rings. The van der Waals surface area contributed by atoms with Crippen molar-refractivity contribution in [3.8, 4) is 16.3 Å².